The number of ether oxygens (including phenoxy) is 1. The summed E-state index contributed by atoms with van der Waals surface area (Å²) >= 11 is 0. The monoisotopic (exact) mass is 313 g/mol. The summed E-state index contributed by atoms with van der Waals surface area (Å²) in [4.78, 5) is 29.1. The molecule has 3 rings (SSSR count). The first kappa shape index (κ1) is 15.3. The van der Waals surface area contributed by atoms with Crippen LogP contribution in [0.2, 0.25) is 0 Å². The van der Waals surface area contributed by atoms with E-state index in [4.69, 9.17) is 4.74 Å². The molecule has 6 nitrogen and oxygen atoms in total. The predicted molar refractivity (Wildman–Crippen MR) is 86.7 cm³/mol. The SMILES string of the molecule is COc1nc2c(cc1C(=O)Nn1c(C)cc(C)cc1=O)CCC2. The van der Waals surface area contributed by atoms with E-state index in [-0.39, 0.29) is 5.56 Å². The third-order valence-corrected chi connectivity index (χ3v) is 4.03. The third kappa shape index (κ3) is 2.84. The fourth-order valence-corrected chi connectivity index (χ4v) is 2.95. The summed E-state index contributed by atoms with van der Waals surface area (Å²) in [6, 6.07) is 5.13. The van der Waals surface area contributed by atoms with Crippen molar-refractivity contribution in [2.24, 2.45) is 0 Å². The molecule has 0 spiro atoms. The second-order valence-corrected chi connectivity index (χ2v) is 5.79. The molecule has 0 saturated heterocycles. The number of nitrogens with one attached hydrogen (secondary N) is 1. The number of aryl methyl sites for hydroxylation is 4. The molecule has 1 aliphatic rings. The number of methoxy groups -OCH3 is 1. The number of amides is 1. The standard InChI is InChI=1S/C17H19N3O3/c1-10-7-11(2)20(15(21)8-10)19-16(22)13-9-12-5-4-6-14(12)18-17(13)23-3/h7-9H,4-6H2,1-3H3,(H,19,22). The van der Waals surface area contributed by atoms with Crippen molar-refractivity contribution in [1.82, 2.24) is 9.66 Å². The van der Waals surface area contributed by atoms with Gasteiger partial charge < -0.3 is 4.74 Å². The molecule has 6 heteroatoms. The minimum atomic E-state index is -0.405. The summed E-state index contributed by atoms with van der Waals surface area (Å²) in [6.07, 6.45) is 2.85. The molecule has 1 N–H and O–H groups in total. The predicted octanol–water partition coefficient (Wildman–Crippen LogP) is 1.74. The molecule has 1 amide bonds. The summed E-state index contributed by atoms with van der Waals surface area (Å²) in [5, 5.41) is 0. The number of rotatable bonds is 3. The van der Waals surface area contributed by atoms with Crippen molar-refractivity contribution in [2.75, 3.05) is 12.5 Å². The summed E-state index contributed by atoms with van der Waals surface area (Å²) in [6.45, 7) is 3.61. The van der Waals surface area contributed by atoms with Crippen molar-refractivity contribution < 1.29 is 9.53 Å². The van der Waals surface area contributed by atoms with Crippen molar-refractivity contribution in [3.05, 3.63) is 56.6 Å². The van der Waals surface area contributed by atoms with E-state index in [1.54, 1.807) is 6.92 Å². The lowest BCUT2D eigenvalue weighted by Gasteiger charge is -2.14. The molecule has 2 heterocycles. The lowest BCUT2D eigenvalue weighted by molar-refractivity contribution is 0.100. The molecule has 0 bridgehead atoms. The molecule has 0 atom stereocenters. The number of hydrogen-bond donors (Lipinski definition) is 1. The van der Waals surface area contributed by atoms with Crippen LogP contribution in [-0.4, -0.2) is 22.7 Å². The molecular weight excluding hydrogens is 294 g/mol. The fourth-order valence-electron chi connectivity index (χ4n) is 2.95. The molecular formula is C17H19N3O3. The molecule has 2 aromatic rings. The maximum absolute atomic E-state index is 12.6. The van der Waals surface area contributed by atoms with Gasteiger partial charge in [-0.25, -0.2) is 9.66 Å². The van der Waals surface area contributed by atoms with Gasteiger partial charge in [0.1, 0.15) is 5.56 Å². The van der Waals surface area contributed by atoms with Crippen molar-refractivity contribution in [3.8, 4) is 5.88 Å². The Morgan fingerprint density at radius 2 is 2.04 bits per heavy atom. The van der Waals surface area contributed by atoms with Crippen LogP contribution in [0.5, 0.6) is 5.88 Å². The first-order chi connectivity index (χ1) is 11.0. The van der Waals surface area contributed by atoms with E-state index >= 15 is 0 Å². The maximum atomic E-state index is 12.6. The van der Waals surface area contributed by atoms with Crippen LogP contribution in [-0.2, 0) is 12.8 Å². The van der Waals surface area contributed by atoms with Gasteiger partial charge in [0.2, 0.25) is 5.88 Å². The van der Waals surface area contributed by atoms with Crippen molar-refractivity contribution >= 4 is 5.91 Å². The highest BCUT2D eigenvalue weighted by Crippen LogP contribution is 2.26. The number of carbonyl (C=O) groups excluding carboxylic acids is 1. The van der Waals surface area contributed by atoms with Crippen molar-refractivity contribution in [1.29, 1.82) is 0 Å². The van der Waals surface area contributed by atoms with Gasteiger partial charge in [-0.3, -0.25) is 15.0 Å². The normalized spacial score (nSPS) is 12.8. The Labute approximate surface area is 134 Å². The minimum absolute atomic E-state index is 0.274. The van der Waals surface area contributed by atoms with Crippen molar-refractivity contribution in [2.45, 2.75) is 33.1 Å². The van der Waals surface area contributed by atoms with Gasteiger partial charge in [0, 0.05) is 17.5 Å². The quantitative estimate of drug-likeness (QED) is 0.937. The van der Waals surface area contributed by atoms with Crippen LogP contribution in [0.15, 0.2) is 23.0 Å². The zero-order valence-electron chi connectivity index (χ0n) is 13.5. The minimum Gasteiger partial charge on any atom is -0.480 e. The van der Waals surface area contributed by atoms with E-state index in [1.165, 1.54) is 17.9 Å². The molecule has 0 unspecified atom stereocenters. The molecule has 2 aromatic heterocycles. The van der Waals surface area contributed by atoms with Gasteiger partial charge in [-0.15, -0.1) is 0 Å². The van der Waals surface area contributed by atoms with Gasteiger partial charge in [-0.1, -0.05) is 0 Å². The summed E-state index contributed by atoms with van der Waals surface area (Å²) < 4.78 is 6.49. The molecule has 0 saturated carbocycles. The van der Waals surface area contributed by atoms with Crippen LogP contribution in [0.3, 0.4) is 0 Å². The Morgan fingerprint density at radius 3 is 2.74 bits per heavy atom. The smallest absolute Gasteiger partial charge is 0.275 e. The summed E-state index contributed by atoms with van der Waals surface area (Å²) in [7, 11) is 1.49. The topological polar surface area (TPSA) is 73.2 Å². The largest absolute Gasteiger partial charge is 0.480 e. The van der Waals surface area contributed by atoms with Crippen LogP contribution >= 0.6 is 0 Å². The number of carbonyl (C=O) groups is 1. The fraction of sp³-hybridized carbons (Fsp3) is 0.353. The second kappa shape index (κ2) is 5.87. The van der Waals surface area contributed by atoms with E-state index in [0.717, 1.165) is 36.1 Å². The maximum Gasteiger partial charge on any atom is 0.275 e. The number of pyridine rings is 2. The first-order valence-electron chi connectivity index (χ1n) is 7.58. The highest BCUT2D eigenvalue weighted by molar-refractivity contribution is 6.02. The molecule has 120 valence electrons. The van der Waals surface area contributed by atoms with E-state index in [1.807, 2.05) is 19.1 Å². The Kier molecular flexibility index (Phi) is 3.90. The average molecular weight is 313 g/mol. The number of fused-ring (bicyclic) bond motifs is 1. The Balaban J connectivity index is 1.97. The summed E-state index contributed by atoms with van der Waals surface area (Å²) in [5.41, 5.74) is 6.29. The van der Waals surface area contributed by atoms with Gasteiger partial charge in [0.05, 0.1) is 7.11 Å². The Hall–Kier alpha value is -2.63. The lowest BCUT2D eigenvalue weighted by atomic mass is 10.1. The molecule has 0 aromatic carbocycles. The zero-order chi connectivity index (χ0) is 16.6. The molecule has 23 heavy (non-hydrogen) atoms. The van der Waals surface area contributed by atoms with E-state index in [2.05, 4.69) is 10.4 Å². The molecule has 0 fully saturated rings. The van der Waals surface area contributed by atoms with Gasteiger partial charge in [-0.05, 0) is 56.4 Å². The summed E-state index contributed by atoms with van der Waals surface area (Å²) in [5.74, 6) is -0.112. The van der Waals surface area contributed by atoms with Crippen LogP contribution in [0.1, 0.15) is 39.3 Å². The van der Waals surface area contributed by atoms with E-state index < -0.39 is 5.91 Å². The average Bonchev–Trinajstić information content (AvgIpc) is 2.96. The van der Waals surface area contributed by atoms with Gasteiger partial charge >= 0.3 is 0 Å². The van der Waals surface area contributed by atoms with Crippen molar-refractivity contribution in [3.63, 3.8) is 0 Å². The lowest BCUT2D eigenvalue weighted by Crippen LogP contribution is -2.34. The van der Waals surface area contributed by atoms with E-state index in [9.17, 15) is 9.59 Å². The highest BCUT2D eigenvalue weighted by atomic mass is 16.5. The van der Waals surface area contributed by atoms with Crippen LogP contribution in [0.25, 0.3) is 0 Å². The van der Waals surface area contributed by atoms with Crippen LogP contribution in [0.4, 0.5) is 0 Å². The molecule has 1 aliphatic carbocycles. The zero-order valence-corrected chi connectivity index (χ0v) is 13.5. The van der Waals surface area contributed by atoms with Gasteiger partial charge in [0.15, 0.2) is 0 Å². The third-order valence-electron chi connectivity index (χ3n) is 4.03. The van der Waals surface area contributed by atoms with Crippen LogP contribution in [0, 0.1) is 13.8 Å². The number of nitrogens with zero attached hydrogens (tertiary/aromatic N) is 2. The van der Waals surface area contributed by atoms with Crippen LogP contribution < -0.4 is 15.7 Å². The number of hydrogen-bond acceptors (Lipinski definition) is 4. The Morgan fingerprint density at radius 1 is 1.26 bits per heavy atom. The second-order valence-electron chi connectivity index (χ2n) is 5.79. The Bertz CT molecular complexity index is 840. The number of aromatic nitrogens is 2. The molecule has 0 radical (unpaired) electrons. The van der Waals surface area contributed by atoms with E-state index in [0.29, 0.717) is 17.1 Å². The highest BCUT2D eigenvalue weighted by Gasteiger charge is 2.21. The van der Waals surface area contributed by atoms with Gasteiger partial charge in [0.25, 0.3) is 11.5 Å². The molecule has 0 aliphatic heterocycles. The first-order valence-corrected chi connectivity index (χ1v) is 7.58. The van der Waals surface area contributed by atoms with Gasteiger partial charge in [-0.2, -0.15) is 0 Å².